The van der Waals surface area contributed by atoms with Gasteiger partial charge in [-0.3, -0.25) is 4.79 Å². The standard InChI is InChI=1S/C9H16N2O3/c12-8(13)4-2-1-3-7-5-6-10-9(14)11-7/h7H,1-6H2,(H,12,13)(H2,10,11,14)/t7-/m0/s1. The number of hydrogen-bond acceptors (Lipinski definition) is 2. The Morgan fingerprint density at radius 2 is 2.29 bits per heavy atom. The van der Waals surface area contributed by atoms with Gasteiger partial charge in [0.25, 0.3) is 0 Å². The number of hydrogen-bond donors (Lipinski definition) is 3. The average Bonchev–Trinajstić information content (AvgIpc) is 2.12. The molecule has 1 heterocycles. The summed E-state index contributed by atoms with van der Waals surface area (Å²) >= 11 is 0. The summed E-state index contributed by atoms with van der Waals surface area (Å²) in [6, 6.07) is 0.108. The highest BCUT2D eigenvalue weighted by atomic mass is 16.4. The Morgan fingerprint density at radius 1 is 1.50 bits per heavy atom. The van der Waals surface area contributed by atoms with E-state index in [0.29, 0.717) is 6.42 Å². The number of rotatable bonds is 5. The average molecular weight is 200 g/mol. The fraction of sp³-hybridized carbons (Fsp3) is 0.778. The molecule has 14 heavy (non-hydrogen) atoms. The third-order valence-electron chi connectivity index (χ3n) is 2.31. The number of nitrogens with one attached hydrogen (secondary N) is 2. The molecule has 1 aliphatic rings. The largest absolute Gasteiger partial charge is 0.481 e. The van der Waals surface area contributed by atoms with E-state index in [-0.39, 0.29) is 18.5 Å². The summed E-state index contributed by atoms with van der Waals surface area (Å²) in [5.41, 5.74) is 0. The zero-order chi connectivity index (χ0) is 10.4. The highest BCUT2D eigenvalue weighted by Gasteiger charge is 2.16. The Kier molecular flexibility index (Phi) is 4.22. The van der Waals surface area contributed by atoms with Crippen LogP contribution in [0.15, 0.2) is 0 Å². The van der Waals surface area contributed by atoms with Gasteiger partial charge in [-0.1, -0.05) is 6.42 Å². The van der Waals surface area contributed by atoms with Crippen molar-refractivity contribution in [3.63, 3.8) is 0 Å². The topological polar surface area (TPSA) is 78.4 Å². The van der Waals surface area contributed by atoms with Gasteiger partial charge in [-0.05, 0) is 19.3 Å². The van der Waals surface area contributed by atoms with Crippen molar-refractivity contribution in [3.8, 4) is 0 Å². The van der Waals surface area contributed by atoms with Gasteiger partial charge in [0.05, 0.1) is 0 Å². The quantitative estimate of drug-likeness (QED) is 0.572. The molecule has 0 aromatic carbocycles. The lowest BCUT2D eigenvalue weighted by Gasteiger charge is -2.23. The first-order valence-corrected chi connectivity index (χ1v) is 4.94. The smallest absolute Gasteiger partial charge is 0.315 e. The Bertz CT molecular complexity index is 218. The molecular formula is C9H16N2O3. The molecule has 0 bridgehead atoms. The van der Waals surface area contributed by atoms with E-state index < -0.39 is 5.97 Å². The molecule has 0 unspecified atom stereocenters. The third kappa shape index (κ3) is 4.11. The Labute approximate surface area is 82.9 Å². The highest BCUT2D eigenvalue weighted by Crippen LogP contribution is 2.08. The Balaban J connectivity index is 2.06. The highest BCUT2D eigenvalue weighted by molar-refractivity contribution is 5.74. The second-order valence-corrected chi connectivity index (χ2v) is 3.53. The minimum Gasteiger partial charge on any atom is -0.481 e. The molecule has 80 valence electrons. The van der Waals surface area contributed by atoms with Crippen LogP contribution in [-0.4, -0.2) is 29.7 Å². The van der Waals surface area contributed by atoms with E-state index in [9.17, 15) is 9.59 Å². The van der Waals surface area contributed by atoms with Crippen molar-refractivity contribution in [2.45, 2.75) is 38.1 Å². The maximum atomic E-state index is 10.9. The lowest BCUT2D eigenvalue weighted by Crippen LogP contribution is -2.49. The maximum absolute atomic E-state index is 10.9. The monoisotopic (exact) mass is 200 g/mol. The summed E-state index contributed by atoms with van der Waals surface area (Å²) in [6.07, 6.45) is 3.57. The summed E-state index contributed by atoms with van der Waals surface area (Å²) in [5, 5.41) is 13.9. The summed E-state index contributed by atoms with van der Waals surface area (Å²) in [7, 11) is 0. The molecule has 5 heteroatoms. The number of unbranched alkanes of at least 4 members (excludes halogenated alkanes) is 1. The second-order valence-electron chi connectivity index (χ2n) is 3.53. The summed E-state index contributed by atoms with van der Waals surface area (Å²) in [6.45, 7) is 0.718. The van der Waals surface area contributed by atoms with Gasteiger partial charge in [0.15, 0.2) is 0 Å². The van der Waals surface area contributed by atoms with Gasteiger partial charge >= 0.3 is 12.0 Å². The molecular weight excluding hydrogens is 184 g/mol. The minimum absolute atomic E-state index is 0.112. The molecule has 0 aromatic rings. The van der Waals surface area contributed by atoms with Crippen molar-refractivity contribution < 1.29 is 14.7 Å². The van der Waals surface area contributed by atoms with E-state index in [0.717, 1.165) is 25.8 Å². The number of aliphatic carboxylic acids is 1. The van der Waals surface area contributed by atoms with Gasteiger partial charge in [-0.15, -0.1) is 0 Å². The molecule has 1 fully saturated rings. The molecule has 1 aliphatic heterocycles. The normalized spacial score (nSPS) is 21.1. The van der Waals surface area contributed by atoms with Crippen LogP contribution in [0.4, 0.5) is 4.79 Å². The van der Waals surface area contributed by atoms with E-state index in [1.165, 1.54) is 0 Å². The van der Waals surface area contributed by atoms with Gasteiger partial charge in [0.2, 0.25) is 0 Å². The van der Waals surface area contributed by atoms with E-state index in [1.807, 2.05) is 0 Å². The van der Waals surface area contributed by atoms with Gasteiger partial charge < -0.3 is 15.7 Å². The molecule has 2 amide bonds. The number of carboxylic acid groups (broad SMARTS) is 1. The minimum atomic E-state index is -0.751. The van der Waals surface area contributed by atoms with E-state index in [2.05, 4.69) is 10.6 Å². The lowest BCUT2D eigenvalue weighted by molar-refractivity contribution is -0.137. The molecule has 1 atom stereocenters. The molecule has 1 rings (SSSR count). The van der Waals surface area contributed by atoms with Crippen molar-refractivity contribution in [1.29, 1.82) is 0 Å². The Morgan fingerprint density at radius 3 is 2.93 bits per heavy atom. The first-order valence-electron chi connectivity index (χ1n) is 4.94. The number of carbonyl (C=O) groups is 2. The second kappa shape index (κ2) is 5.47. The van der Waals surface area contributed by atoms with Gasteiger partial charge in [-0.2, -0.15) is 0 Å². The molecule has 0 aliphatic carbocycles. The van der Waals surface area contributed by atoms with Crippen LogP contribution >= 0.6 is 0 Å². The fourth-order valence-corrected chi connectivity index (χ4v) is 1.55. The van der Waals surface area contributed by atoms with Crippen molar-refractivity contribution in [1.82, 2.24) is 10.6 Å². The van der Waals surface area contributed by atoms with Gasteiger partial charge in [0, 0.05) is 19.0 Å². The predicted octanol–water partition coefficient (Wildman–Crippen LogP) is 0.703. The van der Waals surface area contributed by atoms with Crippen LogP contribution in [0.25, 0.3) is 0 Å². The number of urea groups is 1. The van der Waals surface area contributed by atoms with E-state index >= 15 is 0 Å². The zero-order valence-corrected chi connectivity index (χ0v) is 8.08. The predicted molar refractivity (Wildman–Crippen MR) is 51.0 cm³/mol. The van der Waals surface area contributed by atoms with Gasteiger partial charge in [-0.25, -0.2) is 4.79 Å². The third-order valence-corrected chi connectivity index (χ3v) is 2.31. The summed E-state index contributed by atoms with van der Waals surface area (Å²) in [4.78, 5) is 21.1. The molecule has 0 aromatic heterocycles. The first kappa shape index (κ1) is 10.8. The van der Waals surface area contributed by atoms with Crippen LogP contribution in [0.3, 0.4) is 0 Å². The Hall–Kier alpha value is -1.26. The maximum Gasteiger partial charge on any atom is 0.315 e. The van der Waals surface area contributed by atoms with Crippen LogP contribution in [0.2, 0.25) is 0 Å². The molecule has 3 N–H and O–H groups in total. The summed E-state index contributed by atoms with van der Waals surface area (Å²) in [5.74, 6) is -0.751. The molecule has 1 saturated heterocycles. The fourth-order valence-electron chi connectivity index (χ4n) is 1.55. The van der Waals surface area contributed by atoms with Crippen LogP contribution in [0, 0.1) is 0 Å². The van der Waals surface area contributed by atoms with Crippen LogP contribution in [-0.2, 0) is 4.79 Å². The van der Waals surface area contributed by atoms with Crippen LogP contribution in [0.5, 0.6) is 0 Å². The first-order chi connectivity index (χ1) is 6.68. The van der Waals surface area contributed by atoms with Crippen LogP contribution < -0.4 is 10.6 Å². The SMILES string of the molecule is O=C(O)CCCC[C@H]1CCNC(=O)N1. The lowest BCUT2D eigenvalue weighted by atomic mass is 10.0. The number of amides is 2. The van der Waals surface area contributed by atoms with Crippen molar-refractivity contribution in [3.05, 3.63) is 0 Å². The van der Waals surface area contributed by atoms with Crippen molar-refractivity contribution in [2.24, 2.45) is 0 Å². The zero-order valence-electron chi connectivity index (χ0n) is 8.08. The molecule has 5 nitrogen and oxygen atoms in total. The molecule has 0 spiro atoms. The summed E-state index contributed by atoms with van der Waals surface area (Å²) < 4.78 is 0. The van der Waals surface area contributed by atoms with Crippen molar-refractivity contribution >= 4 is 12.0 Å². The molecule has 0 radical (unpaired) electrons. The molecule has 0 saturated carbocycles. The number of carboxylic acids is 1. The van der Waals surface area contributed by atoms with Crippen LogP contribution in [0.1, 0.15) is 32.1 Å². The van der Waals surface area contributed by atoms with Gasteiger partial charge in [0.1, 0.15) is 0 Å². The van der Waals surface area contributed by atoms with Crippen molar-refractivity contribution in [2.75, 3.05) is 6.54 Å². The number of carbonyl (C=O) groups excluding carboxylic acids is 1. The van der Waals surface area contributed by atoms with E-state index in [1.54, 1.807) is 0 Å². The van der Waals surface area contributed by atoms with E-state index in [4.69, 9.17) is 5.11 Å².